The van der Waals surface area contributed by atoms with Crippen molar-refractivity contribution in [2.75, 3.05) is 20.8 Å². The monoisotopic (exact) mass is 418 g/mol. The van der Waals surface area contributed by atoms with E-state index >= 15 is 0 Å². The van der Waals surface area contributed by atoms with Gasteiger partial charge < -0.3 is 28.5 Å². The van der Waals surface area contributed by atoms with E-state index in [1.54, 1.807) is 12.1 Å². The molecule has 0 aliphatic rings. The first-order valence-electron chi connectivity index (χ1n) is 8.88. The number of methoxy groups -OCH3 is 2. The first-order chi connectivity index (χ1) is 14.4. The highest BCUT2D eigenvalue weighted by atomic mass is 16.6. The van der Waals surface area contributed by atoms with Crippen LogP contribution in [0.1, 0.15) is 23.8 Å². The molecule has 0 unspecified atom stereocenters. The lowest BCUT2D eigenvalue weighted by Gasteiger charge is -2.13. The maximum absolute atomic E-state index is 11.9. The van der Waals surface area contributed by atoms with E-state index in [0.717, 1.165) is 0 Å². The van der Waals surface area contributed by atoms with Gasteiger partial charge in [-0.05, 0) is 23.8 Å². The second kappa shape index (κ2) is 10.8. The molecule has 9 heteroatoms. The average Bonchev–Trinajstić information content (AvgIpc) is 2.73. The van der Waals surface area contributed by atoms with Gasteiger partial charge in [-0.2, -0.15) is 0 Å². The number of rotatable bonds is 9. The molecule has 0 atom stereocenters. The predicted octanol–water partition coefficient (Wildman–Crippen LogP) is 1.87. The minimum atomic E-state index is -0.617. The molecule has 0 amide bonds. The maximum atomic E-state index is 11.9. The number of carbonyl (C=O) groups is 2. The van der Waals surface area contributed by atoms with Crippen LogP contribution < -0.4 is 19.6 Å². The number of aliphatic hydroxyl groups excluding tert-OH is 1. The Kier molecular flexibility index (Phi) is 8.18. The number of aliphatic hydroxyl groups is 1. The largest absolute Gasteiger partial charge is 0.493 e. The Morgan fingerprint density at radius 2 is 1.80 bits per heavy atom. The normalized spacial score (nSPS) is 10.7. The van der Waals surface area contributed by atoms with Gasteiger partial charge in [0.25, 0.3) is 0 Å². The van der Waals surface area contributed by atoms with Gasteiger partial charge in [0.15, 0.2) is 16.9 Å². The van der Waals surface area contributed by atoms with Crippen LogP contribution in [0.25, 0.3) is 6.08 Å². The van der Waals surface area contributed by atoms with Crippen LogP contribution in [-0.4, -0.2) is 37.9 Å². The Balaban J connectivity index is 2.02. The third-order valence-corrected chi connectivity index (χ3v) is 3.87. The molecule has 30 heavy (non-hydrogen) atoms. The molecule has 1 heterocycles. The number of benzene rings is 1. The summed E-state index contributed by atoms with van der Waals surface area (Å²) in [5, 5.41) is 8.93. The minimum Gasteiger partial charge on any atom is -0.493 e. The molecule has 0 spiro atoms. The molecule has 9 nitrogen and oxygen atoms in total. The summed E-state index contributed by atoms with van der Waals surface area (Å²) in [4.78, 5) is 35.0. The molecule has 0 aliphatic heterocycles. The smallest absolute Gasteiger partial charge is 0.330 e. The zero-order valence-corrected chi connectivity index (χ0v) is 16.8. The zero-order chi connectivity index (χ0) is 22.1. The number of hydrogen-bond acceptors (Lipinski definition) is 9. The van der Waals surface area contributed by atoms with E-state index < -0.39 is 11.9 Å². The van der Waals surface area contributed by atoms with Crippen LogP contribution in [0.4, 0.5) is 0 Å². The van der Waals surface area contributed by atoms with Crippen molar-refractivity contribution in [3.8, 4) is 17.2 Å². The Bertz CT molecular complexity index is 963. The van der Waals surface area contributed by atoms with Crippen LogP contribution in [0.3, 0.4) is 0 Å². The minimum absolute atomic E-state index is 0.0234. The lowest BCUT2D eigenvalue weighted by Crippen LogP contribution is -2.13. The summed E-state index contributed by atoms with van der Waals surface area (Å²) in [6, 6.07) is 4.33. The van der Waals surface area contributed by atoms with Gasteiger partial charge in [-0.15, -0.1) is 0 Å². The zero-order valence-electron chi connectivity index (χ0n) is 16.8. The summed E-state index contributed by atoms with van der Waals surface area (Å²) in [7, 11) is 2.82. The van der Waals surface area contributed by atoms with Crippen molar-refractivity contribution in [3.63, 3.8) is 0 Å². The van der Waals surface area contributed by atoms with E-state index in [1.807, 2.05) is 0 Å². The van der Waals surface area contributed by atoms with Crippen LogP contribution in [-0.2, 0) is 27.4 Å². The van der Waals surface area contributed by atoms with Crippen LogP contribution in [0, 0.1) is 0 Å². The van der Waals surface area contributed by atoms with E-state index in [4.69, 9.17) is 28.5 Å². The molecular weight excluding hydrogens is 396 g/mol. The molecule has 0 bridgehead atoms. The fourth-order valence-corrected chi connectivity index (χ4v) is 2.46. The summed E-state index contributed by atoms with van der Waals surface area (Å²) < 4.78 is 25.7. The lowest BCUT2D eigenvalue weighted by molar-refractivity contribution is -0.137. The molecule has 0 fully saturated rings. The SMILES string of the molecule is COc1cc(/C=C/C(=O)OCCc2coc(CO)cc2=O)cc(OC)c1OC(C)=O. The van der Waals surface area contributed by atoms with Crippen molar-refractivity contribution in [1.29, 1.82) is 0 Å². The van der Waals surface area contributed by atoms with Gasteiger partial charge in [-0.25, -0.2) is 4.79 Å². The third kappa shape index (κ3) is 6.21. The number of carbonyl (C=O) groups excluding carboxylic acids is 2. The maximum Gasteiger partial charge on any atom is 0.330 e. The summed E-state index contributed by atoms with van der Waals surface area (Å²) in [6.07, 6.45) is 4.10. The summed E-state index contributed by atoms with van der Waals surface area (Å²) in [6.45, 7) is 0.866. The molecule has 160 valence electrons. The third-order valence-electron chi connectivity index (χ3n) is 3.87. The standard InChI is InChI=1S/C21H22O9/c1-13(23)30-21-18(26-2)8-14(9-19(21)27-3)4-5-20(25)28-7-6-15-12-29-16(11-22)10-17(15)24/h4-5,8-10,12,22H,6-7,11H2,1-3H3/b5-4+. The summed E-state index contributed by atoms with van der Waals surface area (Å²) in [5.41, 5.74) is 0.584. The molecule has 0 aliphatic carbocycles. The van der Waals surface area contributed by atoms with Crippen molar-refractivity contribution >= 4 is 18.0 Å². The van der Waals surface area contributed by atoms with E-state index in [2.05, 4.69) is 0 Å². The Hall–Kier alpha value is -3.59. The second-order valence-electron chi connectivity index (χ2n) is 5.99. The molecular formula is C21H22O9. The topological polar surface area (TPSA) is 122 Å². The van der Waals surface area contributed by atoms with Crippen molar-refractivity contribution in [3.05, 3.63) is 57.6 Å². The first-order valence-corrected chi connectivity index (χ1v) is 8.88. The highest BCUT2D eigenvalue weighted by molar-refractivity contribution is 5.87. The summed E-state index contributed by atoms with van der Waals surface area (Å²) >= 11 is 0. The van der Waals surface area contributed by atoms with Crippen molar-refractivity contribution in [2.24, 2.45) is 0 Å². The van der Waals surface area contributed by atoms with E-state index in [0.29, 0.717) is 11.1 Å². The Labute approximate surface area is 172 Å². The van der Waals surface area contributed by atoms with E-state index in [-0.39, 0.29) is 48.1 Å². The highest BCUT2D eigenvalue weighted by Gasteiger charge is 2.15. The predicted molar refractivity (Wildman–Crippen MR) is 105 cm³/mol. The summed E-state index contributed by atoms with van der Waals surface area (Å²) in [5.74, 6) is -0.328. The van der Waals surface area contributed by atoms with Gasteiger partial charge in [-0.1, -0.05) is 0 Å². The van der Waals surface area contributed by atoms with Crippen LogP contribution in [0.15, 0.2) is 39.7 Å². The average molecular weight is 418 g/mol. The number of esters is 2. The fourth-order valence-electron chi connectivity index (χ4n) is 2.46. The number of ether oxygens (including phenoxy) is 4. The molecule has 1 aromatic carbocycles. The van der Waals surface area contributed by atoms with Gasteiger partial charge >= 0.3 is 11.9 Å². The van der Waals surface area contributed by atoms with Crippen molar-refractivity contribution in [2.45, 2.75) is 20.0 Å². The van der Waals surface area contributed by atoms with Gasteiger partial charge in [0.1, 0.15) is 12.4 Å². The lowest BCUT2D eigenvalue weighted by atomic mass is 10.1. The van der Waals surface area contributed by atoms with Crippen molar-refractivity contribution in [1.82, 2.24) is 0 Å². The number of hydrogen-bond donors (Lipinski definition) is 1. The van der Waals surface area contributed by atoms with Crippen LogP contribution in [0.5, 0.6) is 17.2 Å². The van der Waals surface area contributed by atoms with Gasteiger partial charge in [-0.3, -0.25) is 9.59 Å². The molecule has 0 saturated heterocycles. The van der Waals surface area contributed by atoms with Gasteiger partial charge in [0, 0.05) is 31.1 Å². The van der Waals surface area contributed by atoms with Gasteiger partial charge in [0.05, 0.1) is 27.1 Å². The first kappa shape index (κ1) is 22.7. The molecule has 2 rings (SSSR count). The van der Waals surface area contributed by atoms with Crippen molar-refractivity contribution < 1.29 is 38.1 Å². The molecule has 2 aromatic rings. The molecule has 1 aromatic heterocycles. The van der Waals surface area contributed by atoms with Gasteiger partial charge in [0.2, 0.25) is 5.75 Å². The quantitative estimate of drug-likeness (QED) is 0.369. The van der Waals surface area contributed by atoms with Crippen LogP contribution in [0.2, 0.25) is 0 Å². The Morgan fingerprint density at radius 3 is 2.33 bits per heavy atom. The molecule has 0 radical (unpaired) electrons. The molecule has 0 saturated carbocycles. The molecule has 1 N–H and O–H groups in total. The fraction of sp³-hybridized carbons (Fsp3) is 0.286. The Morgan fingerprint density at radius 1 is 1.13 bits per heavy atom. The van der Waals surface area contributed by atoms with E-state index in [9.17, 15) is 14.4 Å². The highest BCUT2D eigenvalue weighted by Crippen LogP contribution is 2.39. The second-order valence-corrected chi connectivity index (χ2v) is 5.99. The van der Waals surface area contributed by atoms with Crippen LogP contribution >= 0.6 is 0 Å². The van der Waals surface area contributed by atoms with E-state index in [1.165, 1.54) is 45.6 Å².